The minimum absolute atomic E-state index is 0.818. The molecule has 0 aliphatic rings. The summed E-state index contributed by atoms with van der Waals surface area (Å²) in [6, 6.07) is 20.9. The highest BCUT2D eigenvalue weighted by Crippen LogP contribution is 2.32. The summed E-state index contributed by atoms with van der Waals surface area (Å²) in [5, 5.41) is 3.48. The van der Waals surface area contributed by atoms with Gasteiger partial charge in [-0.05, 0) is 61.7 Å². The SMILES string of the molecule is Brc1cccc(Br)c1NCc1ccc(-c2ccccc2)s1. The zero-order valence-corrected chi connectivity index (χ0v) is 15.1. The van der Waals surface area contributed by atoms with E-state index in [4.69, 9.17) is 0 Å². The van der Waals surface area contributed by atoms with Crippen LogP contribution in [0.1, 0.15) is 4.88 Å². The van der Waals surface area contributed by atoms with Crippen LogP contribution in [0.15, 0.2) is 69.6 Å². The molecule has 0 saturated heterocycles. The third kappa shape index (κ3) is 3.57. The molecule has 1 nitrogen and oxygen atoms in total. The predicted molar refractivity (Wildman–Crippen MR) is 98.9 cm³/mol. The first-order valence-electron chi connectivity index (χ1n) is 6.56. The highest BCUT2D eigenvalue weighted by molar-refractivity contribution is 9.11. The van der Waals surface area contributed by atoms with E-state index in [9.17, 15) is 0 Å². The van der Waals surface area contributed by atoms with Gasteiger partial charge in [0, 0.05) is 25.2 Å². The monoisotopic (exact) mass is 421 g/mol. The number of benzene rings is 2. The number of hydrogen-bond donors (Lipinski definition) is 1. The number of para-hydroxylation sites is 1. The van der Waals surface area contributed by atoms with Crippen LogP contribution < -0.4 is 5.32 Å². The molecule has 0 spiro atoms. The van der Waals surface area contributed by atoms with E-state index in [0.717, 1.165) is 21.2 Å². The van der Waals surface area contributed by atoms with E-state index >= 15 is 0 Å². The first-order chi connectivity index (χ1) is 10.2. The lowest BCUT2D eigenvalue weighted by Crippen LogP contribution is -1.98. The maximum absolute atomic E-state index is 3.57. The standard InChI is InChI=1S/C17H13Br2NS/c18-14-7-4-8-15(19)17(14)20-11-13-9-10-16(21-13)12-5-2-1-3-6-12/h1-10,20H,11H2. The van der Waals surface area contributed by atoms with Gasteiger partial charge in [0.1, 0.15) is 0 Å². The van der Waals surface area contributed by atoms with Crippen molar-refractivity contribution in [3.63, 3.8) is 0 Å². The predicted octanol–water partition coefficient (Wildman–Crippen LogP) is 6.55. The summed E-state index contributed by atoms with van der Waals surface area (Å²) in [7, 11) is 0. The van der Waals surface area contributed by atoms with Gasteiger partial charge in [-0.25, -0.2) is 0 Å². The molecular weight excluding hydrogens is 410 g/mol. The van der Waals surface area contributed by atoms with E-state index in [-0.39, 0.29) is 0 Å². The average Bonchev–Trinajstić information content (AvgIpc) is 2.97. The molecule has 0 aliphatic heterocycles. The van der Waals surface area contributed by atoms with Crippen molar-refractivity contribution in [1.82, 2.24) is 0 Å². The Balaban J connectivity index is 1.74. The highest BCUT2D eigenvalue weighted by atomic mass is 79.9. The van der Waals surface area contributed by atoms with Gasteiger partial charge in [-0.2, -0.15) is 0 Å². The van der Waals surface area contributed by atoms with Crippen LogP contribution in [0.2, 0.25) is 0 Å². The molecule has 0 atom stereocenters. The molecule has 1 N–H and O–H groups in total. The highest BCUT2D eigenvalue weighted by Gasteiger charge is 2.06. The van der Waals surface area contributed by atoms with Crippen molar-refractivity contribution < 1.29 is 0 Å². The minimum atomic E-state index is 0.818. The van der Waals surface area contributed by atoms with E-state index < -0.39 is 0 Å². The van der Waals surface area contributed by atoms with Crippen LogP contribution >= 0.6 is 43.2 Å². The molecule has 21 heavy (non-hydrogen) atoms. The fourth-order valence-corrected chi connectivity index (χ4v) is 4.30. The van der Waals surface area contributed by atoms with Crippen LogP contribution in [0, 0.1) is 0 Å². The van der Waals surface area contributed by atoms with E-state index in [1.165, 1.54) is 15.3 Å². The zero-order valence-electron chi connectivity index (χ0n) is 11.1. The Hall–Kier alpha value is -1.10. The Bertz CT molecular complexity index is 717. The van der Waals surface area contributed by atoms with Crippen LogP contribution in [0.3, 0.4) is 0 Å². The number of anilines is 1. The molecule has 0 bridgehead atoms. The lowest BCUT2D eigenvalue weighted by molar-refractivity contribution is 1.18. The summed E-state index contributed by atoms with van der Waals surface area (Å²) in [4.78, 5) is 2.62. The Labute approximate surface area is 145 Å². The fourth-order valence-electron chi connectivity index (χ4n) is 2.07. The first kappa shape index (κ1) is 14.8. The van der Waals surface area contributed by atoms with Gasteiger partial charge in [0.25, 0.3) is 0 Å². The third-order valence-electron chi connectivity index (χ3n) is 3.12. The van der Waals surface area contributed by atoms with Crippen LogP contribution in [0.4, 0.5) is 5.69 Å². The maximum Gasteiger partial charge on any atom is 0.0631 e. The molecule has 1 heterocycles. The van der Waals surface area contributed by atoms with E-state index in [1.54, 1.807) is 0 Å². The second kappa shape index (κ2) is 6.77. The molecule has 0 radical (unpaired) electrons. The molecule has 1 aromatic heterocycles. The van der Waals surface area contributed by atoms with Gasteiger partial charge >= 0.3 is 0 Å². The van der Waals surface area contributed by atoms with Gasteiger partial charge in [0.05, 0.1) is 5.69 Å². The molecule has 0 amide bonds. The van der Waals surface area contributed by atoms with E-state index in [0.29, 0.717) is 0 Å². The average molecular weight is 423 g/mol. The summed E-state index contributed by atoms with van der Waals surface area (Å²) in [6.45, 7) is 0.818. The number of thiophene rings is 1. The van der Waals surface area contributed by atoms with Crippen molar-refractivity contribution in [2.45, 2.75) is 6.54 Å². The smallest absolute Gasteiger partial charge is 0.0631 e. The summed E-state index contributed by atoms with van der Waals surface area (Å²) in [5.74, 6) is 0. The largest absolute Gasteiger partial charge is 0.378 e. The Morgan fingerprint density at radius 2 is 1.52 bits per heavy atom. The van der Waals surface area contributed by atoms with Crippen molar-refractivity contribution in [3.8, 4) is 10.4 Å². The van der Waals surface area contributed by atoms with Gasteiger partial charge in [-0.3, -0.25) is 0 Å². The number of hydrogen-bond acceptors (Lipinski definition) is 2. The summed E-state index contributed by atoms with van der Waals surface area (Å²) >= 11 is 8.97. The van der Waals surface area contributed by atoms with Crippen molar-refractivity contribution in [2.24, 2.45) is 0 Å². The van der Waals surface area contributed by atoms with Crippen molar-refractivity contribution in [2.75, 3.05) is 5.32 Å². The molecule has 3 rings (SSSR count). The molecule has 106 valence electrons. The number of rotatable bonds is 4. The van der Waals surface area contributed by atoms with E-state index in [2.05, 4.69) is 73.6 Å². The summed E-state index contributed by atoms with van der Waals surface area (Å²) in [5.41, 5.74) is 2.36. The van der Waals surface area contributed by atoms with E-state index in [1.807, 2.05) is 35.6 Å². The minimum Gasteiger partial charge on any atom is -0.378 e. The van der Waals surface area contributed by atoms with Gasteiger partial charge in [-0.1, -0.05) is 36.4 Å². The lowest BCUT2D eigenvalue weighted by Gasteiger charge is -2.09. The summed E-state index contributed by atoms with van der Waals surface area (Å²) < 4.78 is 2.13. The molecule has 0 fully saturated rings. The molecule has 0 aliphatic carbocycles. The Kier molecular flexibility index (Phi) is 4.78. The molecule has 2 aromatic carbocycles. The third-order valence-corrected chi connectivity index (χ3v) is 5.58. The second-order valence-corrected chi connectivity index (χ2v) is 7.46. The number of nitrogens with one attached hydrogen (secondary N) is 1. The van der Waals surface area contributed by atoms with Crippen LogP contribution in [-0.4, -0.2) is 0 Å². The van der Waals surface area contributed by atoms with Crippen molar-refractivity contribution in [3.05, 3.63) is 74.5 Å². The van der Waals surface area contributed by atoms with Crippen molar-refractivity contribution >= 4 is 48.9 Å². The van der Waals surface area contributed by atoms with Crippen LogP contribution in [0.25, 0.3) is 10.4 Å². The van der Waals surface area contributed by atoms with Gasteiger partial charge in [0.15, 0.2) is 0 Å². The van der Waals surface area contributed by atoms with Crippen LogP contribution in [-0.2, 0) is 6.54 Å². The molecular formula is C17H13Br2NS. The topological polar surface area (TPSA) is 12.0 Å². The summed E-state index contributed by atoms with van der Waals surface area (Å²) in [6.07, 6.45) is 0. The zero-order chi connectivity index (χ0) is 14.7. The second-order valence-electron chi connectivity index (χ2n) is 4.58. The quantitative estimate of drug-likeness (QED) is 0.502. The van der Waals surface area contributed by atoms with Crippen LogP contribution in [0.5, 0.6) is 0 Å². The maximum atomic E-state index is 3.57. The molecule has 3 aromatic rings. The first-order valence-corrected chi connectivity index (χ1v) is 8.96. The Morgan fingerprint density at radius 1 is 0.810 bits per heavy atom. The normalized spacial score (nSPS) is 10.6. The fraction of sp³-hybridized carbons (Fsp3) is 0.0588. The van der Waals surface area contributed by atoms with Crippen molar-refractivity contribution in [1.29, 1.82) is 0 Å². The molecule has 0 unspecified atom stereocenters. The number of halogens is 2. The molecule has 0 saturated carbocycles. The Morgan fingerprint density at radius 3 is 2.24 bits per heavy atom. The van der Waals surface area contributed by atoms with Gasteiger partial charge in [0.2, 0.25) is 0 Å². The van der Waals surface area contributed by atoms with Gasteiger partial charge < -0.3 is 5.32 Å². The molecule has 4 heteroatoms. The lowest BCUT2D eigenvalue weighted by atomic mass is 10.2. The van der Waals surface area contributed by atoms with Gasteiger partial charge in [-0.15, -0.1) is 11.3 Å².